The Morgan fingerprint density at radius 2 is 2.04 bits per heavy atom. The van der Waals surface area contributed by atoms with E-state index in [4.69, 9.17) is 4.42 Å². The van der Waals surface area contributed by atoms with E-state index < -0.39 is 0 Å². The van der Waals surface area contributed by atoms with Crippen molar-refractivity contribution in [2.45, 2.75) is 23.8 Å². The van der Waals surface area contributed by atoms with Crippen LogP contribution in [0.5, 0.6) is 0 Å². The highest BCUT2D eigenvalue weighted by atomic mass is 32.2. The van der Waals surface area contributed by atoms with Crippen molar-refractivity contribution in [2.24, 2.45) is 0 Å². The van der Waals surface area contributed by atoms with Gasteiger partial charge in [0.25, 0.3) is 5.91 Å². The summed E-state index contributed by atoms with van der Waals surface area (Å²) in [5.74, 6) is 0.198. The van der Waals surface area contributed by atoms with Crippen LogP contribution in [0.1, 0.15) is 23.4 Å². The van der Waals surface area contributed by atoms with Gasteiger partial charge in [-0.3, -0.25) is 4.79 Å². The summed E-state index contributed by atoms with van der Waals surface area (Å²) in [7, 11) is 0. The fourth-order valence-electron chi connectivity index (χ4n) is 2.86. The molecule has 2 aromatic rings. The molecule has 0 spiro atoms. The summed E-state index contributed by atoms with van der Waals surface area (Å²) in [5.41, 5.74) is 0.745. The van der Waals surface area contributed by atoms with Gasteiger partial charge in [-0.25, -0.2) is 4.79 Å². The highest BCUT2D eigenvalue weighted by Crippen LogP contribution is 2.18. The first-order chi connectivity index (χ1) is 12.2. The minimum atomic E-state index is -0.255. The lowest BCUT2D eigenvalue weighted by atomic mass is 10.1. The Morgan fingerprint density at radius 3 is 2.72 bits per heavy atom. The van der Waals surface area contributed by atoms with Crippen molar-refractivity contribution in [1.82, 2.24) is 10.2 Å². The SMILES string of the molecule is CSc1ccc(NC(=O)N[C@H]2CCCN(C(=O)c3ccco3)C2)cc1. The van der Waals surface area contributed by atoms with Crippen LogP contribution in [0.25, 0.3) is 0 Å². The van der Waals surface area contributed by atoms with E-state index in [0.29, 0.717) is 18.8 Å². The van der Waals surface area contributed by atoms with Gasteiger partial charge in [-0.1, -0.05) is 0 Å². The number of thioether (sulfide) groups is 1. The minimum Gasteiger partial charge on any atom is -0.459 e. The van der Waals surface area contributed by atoms with Gasteiger partial charge in [0.1, 0.15) is 0 Å². The number of amides is 3. The van der Waals surface area contributed by atoms with Gasteiger partial charge < -0.3 is 20.0 Å². The molecule has 1 aliphatic heterocycles. The summed E-state index contributed by atoms with van der Waals surface area (Å²) in [6.45, 7) is 1.16. The summed E-state index contributed by atoms with van der Waals surface area (Å²) in [6, 6.07) is 10.7. The highest BCUT2D eigenvalue weighted by molar-refractivity contribution is 7.98. The minimum absolute atomic E-state index is 0.0712. The molecule has 0 saturated carbocycles. The lowest BCUT2D eigenvalue weighted by Gasteiger charge is -2.32. The van der Waals surface area contributed by atoms with Crippen molar-refractivity contribution < 1.29 is 14.0 Å². The smallest absolute Gasteiger partial charge is 0.319 e. The number of rotatable bonds is 4. The zero-order valence-electron chi connectivity index (χ0n) is 14.0. The fraction of sp³-hybridized carbons (Fsp3) is 0.333. The zero-order chi connectivity index (χ0) is 17.6. The molecule has 1 aromatic carbocycles. The van der Waals surface area contributed by atoms with Gasteiger partial charge in [0.15, 0.2) is 5.76 Å². The van der Waals surface area contributed by atoms with E-state index in [1.165, 1.54) is 6.26 Å². The molecule has 1 fully saturated rings. The lowest BCUT2D eigenvalue weighted by molar-refractivity contribution is 0.0666. The molecule has 1 aromatic heterocycles. The molecule has 2 N–H and O–H groups in total. The number of carbonyl (C=O) groups is 2. The molecular weight excluding hydrogens is 338 g/mol. The maximum atomic E-state index is 12.3. The lowest BCUT2D eigenvalue weighted by Crippen LogP contribution is -2.50. The summed E-state index contributed by atoms with van der Waals surface area (Å²) in [5, 5.41) is 5.78. The van der Waals surface area contributed by atoms with E-state index in [9.17, 15) is 9.59 Å². The first kappa shape index (κ1) is 17.4. The quantitative estimate of drug-likeness (QED) is 0.820. The summed E-state index contributed by atoms with van der Waals surface area (Å²) < 4.78 is 5.17. The summed E-state index contributed by atoms with van der Waals surface area (Å²) in [4.78, 5) is 27.4. The number of hydrogen-bond acceptors (Lipinski definition) is 4. The van der Waals surface area contributed by atoms with Gasteiger partial charge in [0.2, 0.25) is 0 Å². The van der Waals surface area contributed by atoms with Gasteiger partial charge in [0.05, 0.1) is 6.26 Å². The maximum Gasteiger partial charge on any atom is 0.319 e. The first-order valence-electron chi connectivity index (χ1n) is 8.20. The molecule has 1 atom stereocenters. The molecule has 3 amide bonds. The second-order valence-electron chi connectivity index (χ2n) is 5.89. The third kappa shape index (κ3) is 4.57. The average molecular weight is 359 g/mol. The van der Waals surface area contributed by atoms with Crippen LogP contribution in [0, 0.1) is 0 Å². The van der Waals surface area contributed by atoms with Gasteiger partial charge in [-0.15, -0.1) is 11.8 Å². The molecule has 3 rings (SSSR count). The number of urea groups is 1. The molecule has 25 heavy (non-hydrogen) atoms. The van der Waals surface area contributed by atoms with E-state index in [1.807, 2.05) is 30.5 Å². The van der Waals surface area contributed by atoms with E-state index in [2.05, 4.69) is 10.6 Å². The van der Waals surface area contributed by atoms with Crippen molar-refractivity contribution >= 4 is 29.4 Å². The number of likely N-dealkylation sites (tertiary alicyclic amines) is 1. The van der Waals surface area contributed by atoms with Crippen molar-refractivity contribution in [1.29, 1.82) is 0 Å². The number of anilines is 1. The molecule has 7 heteroatoms. The van der Waals surface area contributed by atoms with Crippen LogP contribution >= 0.6 is 11.8 Å². The molecule has 2 heterocycles. The van der Waals surface area contributed by atoms with Gasteiger partial charge in [0, 0.05) is 29.7 Å². The van der Waals surface area contributed by atoms with Crippen LogP contribution in [0.4, 0.5) is 10.5 Å². The Morgan fingerprint density at radius 1 is 1.24 bits per heavy atom. The first-order valence-corrected chi connectivity index (χ1v) is 9.42. The molecule has 0 aliphatic carbocycles. The number of nitrogens with zero attached hydrogens (tertiary/aromatic N) is 1. The third-order valence-corrected chi connectivity index (χ3v) is 4.87. The molecule has 1 saturated heterocycles. The molecule has 0 unspecified atom stereocenters. The van der Waals surface area contributed by atoms with Crippen LogP contribution in [0.15, 0.2) is 52.0 Å². The number of piperidine rings is 1. The number of hydrogen-bond donors (Lipinski definition) is 2. The van der Waals surface area contributed by atoms with Crippen molar-refractivity contribution in [3.8, 4) is 0 Å². The Hall–Kier alpha value is -2.41. The van der Waals surface area contributed by atoms with Gasteiger partial charge in [-0.2, -0.15) is 0 Å². The second kappa shape index (κ2) is 8.11. The Balaban J connectivity index is 1.53. The third-order valence-electron chi connectivity index (χ3n) is 4.12. The highest BCUT2D eigenvalue weighted by Gasteiger charge is 2.26. The van der Waals surface area contributed by atoms with Crippen LogP contribution in [0.2, 0.25) is 0 Å². The Labute approximate surface area is 151 Å². The second-order valence-corrected chi connectivity index (χ2v) is 6.77. The Kier molecular flexibility index (Phi) is 5.65. The number of nitrogens with one attached hydrogen (secondary N) is 2. The molecule has 1 aliphatic rings. The van der Waals surface area contributed by atoms with Gasteiger partial charge in [-0.05, 0) is 55.5 Å². The monoisotopic (exact) mass is 359 g/mol. The summed E-state index contributed by atoms with van der Waals surface area (Å²) in [6.07, 6.45) is 5.19. The van der Waals surface area contributed by atoms with Crippen molar-refractivity contribution in [3.63, 3.8) is 0 Å². The average Bonchev–Trinajstić information content (AvgIpc) is 3.16. The van der Waals surface area contributed by atoms with E-state index in [0.717, 1.165) is 23.4 Å². The normalized spacial score (nSPS) is 17.2. The predicted molar refractivity (Wildman–Crippen MR) is 98.0 cm³/mol. The van der Waals surface area contributed by atoms with Crippen LogP contribution in [-0.4, -0.2) is 42.2 Å². The van der Waals surface area contributed by atoms with Crippen LogP contribution in [-0.2, 0) is 0 Å². The number of furan rings is 1. The summed E-state index contributed by atoms with van der Waals surface area (Å²) >= 11 is 1.65. The van der Waals surface area contributed by atoms with Crippen LogP contribution in [0.3, 0.4) is 0 Å². The van der Waals surface area contributed by atoms with Gasteiger partial charge >= 0.3 is 6.03 Å². The molecule has 6 nitrogen and oxygen atoms in total. The molecule has 132 valence electrons. The molecule has 0 bridgehead atoms. The topological polar surface area (TPSA) is 74.6 Å². The predicted octanol–water partition coefficient (Wildman–Crippen LogP) is 3.43. The van der Waals surface area contributed by atoms with Crippen molar-refractivity contribution in [3.05, 3.63) is 48.4 Å². The van der Waals surface area contributed by atoms with Crippen LogP contribution < -0.4 is 10.6 Å². The van der Waals surface area contributed by atoms with E-state index in [1.54, 1.807) is 28.8 Å². The molecule has 0 radical (unpaired) electrons. The Bertz CT molecular complexity index is 716. The standard InChI is InChI=1S/C18H21N3O3S/c1-25-15-8-6-13(7-9-15)19-18(23)20-14-4-2-10-21(12-14)17(22)16-5-3-11-24-16/h3,5-9,11,14H,2,4,10,12H2,1H3,(H2,19,20,23)/t14-/m0/s1. The van der Waals surface area contributed by atoms with Crippen molar-refractivity contribution in [2.75, 3.05) is 24.7 Å². The fourth-order valence-corrected chi connectivity index (χ4v) is 3.27. The van der Waals surface area contributed by atoms with E-state index >= 15 is 0 Å². The maximum absolute atomic E-state index is 12.3. The number of benzene rings is 1. The largest absolute Gasteiger partial charge is 0.459 e. The van der Waals surface area contributed by atoms with E-state index in [-0.39, 0.29) is 18.0 Å². The molecular formula is C18H21N3O3S. The number of carbonyl (C=O) groups excluding carboxylic acids is 2. The zero-order valence-corrected chi connectivity index (χ0v) is 14.8.